The van der Waals surface area contributed by atoms with E-state index in [4.69, 9.17) is 4.74 Å². The molecule has 0 saturated carbocycles. The summed E-state index contributed by atoms with van der Waals surface area (Å²) in [5.41, 5.74) is 0.348. The van der Waals surface area contributed by atoms with E-state index in [1.54, 1.807) is 0 Å². The molecule has 0 aliphatic carbocycles. The van der Waals surface area contributed by atoms with Gasteiger partial charge >= 0.3 is 6.18 Å². The Labute approximate surface area is 96.1 Å². The standard InChI is InChI=1S/C11H11F3O3/c1-7(15)8-3-4-9(10(5-8)16-2)17-6-11(12,13)14/h3-5H,6H2,1-2H3. The minimum Gasteiger partial charge on any atom is -0.493 e. The third kappa shape index (κ3) is 3.97. The van der Waals surface area contributed by atoms with Gasteiger partial charge < -0.3 is 9.47 Å². The van der Waals surface area contributed by atoms with Crippen LogP contribution in [0.1, 0.15) is 17.3 Å². The van der Waals surface area contributed by atoms with Crippen molar-refractivity contribution in [2.45, 2.75) is 13.1 Å². The molecule has 1 aromatic rings. The van der Waals surface area contributed by atoms with Gasteiger partial charge in [-0.3, -0.25) is 4.79 Å². The Morgan fingerprint density at radius 1 is 1.29 bits per heavy atom. The summed E-state index contributed by atoms with van der Waals surface area (Å²) >= 11 is 0. The van der Waals surface area contributed by atoms with Crippen molar-refractivity contribution in [3.63, 3.8) is 0 Å². The van der Waals surface area contributed by atoms with Crippen LogP contribution in [0.5, 0.6) is 11.5 Å². The van der Waals surface area contributed by atoms with Gasteiger partial charge in [0, 0.05) is 5.56 Å². The van der Waals surface area contributed by atoms with Crippen LogP contribution in [0.2, 0.25) is 0 Å². The average molecular weight is 248 g/mol. The van der Waals surface area contributed by atoms with E-state index >= 15 is 0 Å². The van der Waals surface area contributed by atoms with Crippen LogP contribution >= 0.6 is 0 Å². The van der Waals surface area contributed by atoms with Crippen LogP contribution in [0, 0.1) is 0 Å². The first-order valence-electron chi connectivity index (χ1n) is 4.72. The highest BCUT2D eigenvalue weighted by atomic mass is 19.4. The molecular formula is C11H11F3O3. The van der Waals surface area contributed by atoms with Crippen LogP contribution in [0.15, 0.2) is 18.2 Å². The number of ketones is 1. The number of Topliss-reactive ketones (excluding diaryl/α,β-unsaturated/α-hetero) is 1. The Morgan fingerprint density at radius 3 is 2.41 bits per heavy atom. The lowest BCUT2D eigenvalue weighted by molar-refractivity contribution is -0.153. The van der Waals surface area contributed by atoms with Gasteiger partial charge in [-0.1, -0.05) is 0 Å². The van der Waals surface area contributed by atoms with Gasteiger partial charge in [-0.05, 0) is 25.1 Å². The number of rotatable bonds is 4. The number of methoxy groups -OCH3 is 1. The second kappa shape index (κ2) is 5.07. The molecule has 94 valence electrons. The van der Waals surface area contributed by atoms with Crippen molar-refractivity contribution in [2.75, 3.05) is 13.7 Å². The van der Waals surface area contributed by atoms with E-state index in [2.05, 4.69) is 4.74 Å². The lowest BCUT2D eigenvalue weighted by atomic mass is 10.1. The number of halogens is 3. The predicted molar refractivity (Wildman–Crippen MR) is 54.5 cm³/mol. The SMILES string of the molecule is COc1cc(C(C)=O)ccc1OCC(F)(F)F. The van der Waals surface area contributed by atoms with E-state index in [-0.39, 0.29) is 17.3 Å². The zero-order valence-corrected chi connectivity index (χ0v) is 9.30. The van der Waals surface area contributed by atoms with Crippen LogP contribution in [0.4, 0.5) is 13.2 Å². The maximum Gasteiger partial charge on any atom is 0.422 e. The summed E-state index contributed by atoms with van der Waals surface area (Å²) in [6.07, 6.45) is -4.41. The van der Waals surface area contributed by atoms with Gasteiger partial charge in [0.1, 0.15) is 0 Å². The minimum atomic E-state index is -4.41. The van der Waals surface area contributed by atoms with Crippen LogP contribution in [0.25, 0.3) is 0 Å². The number of carbonyl (C=O) groups is 1. The van der Waals surface area contributed by atoms with Crippen LogP contribution in [-0.2, 0) is 0 Å². The third-order valence-corrected chi connectivity index (χ3v) is 1.96. The quantitative estimate of drug-likeness (QED) is 0.768. The molecular weight excluding hydrogens is 237 g/mol. The van der Waals surface area contributed by atoms with Gasteiger partial charge in [-0.15, -0.1) is 0 Å². The molecule has 0 amide bonds. The molecule has 3 nitrogen and oxygen atoms in total. The van der Waals surface area contributed by atoms with Crippen LogP contribution in [0.3, 0.4) is 0 Å². The molecule has 0 aliphatic rings. The van der Waals surface area contributed by atoms with Gasteiger partial charge in [0.15, 0.2) is 23.9 Å². The van der Waals surface area contributed by atoms with E-state index < -0.39 is 12.8 Å². The Morgan fingerprint density at radius 2 is 1.94 bits per heavy atom. The van der Waals surface area contributed by atoms with Gasteiger partial charge in [0.25, 0.3) is 0 Å². The van der Waals surface area contributed by atoms with Crippen molar-refractivity contribution >= 4 is 5.78 Å². The average Bonchev–Trinajstić information content (AvgIpc) is 2.24. The van der Waals surface area contributed by atoms with Crippen molar-refractivity contribution in [1.82, 2.24) is 0 Å². The van der Waals surface area contributed by atoms with Crippen LogP contribution < -0.4 is 9.47 Å². The molecule has 0 heterocycles. The summed E-state index contributed by atoms with van der Waals surface area (Å²) < 4.78 is 45.3. The third-order valence-electron chi connectivity index (χ3n) is 1.96. The highest BCUT2D eigenvalue weighted by Crippen LogP contribution is 2.29. The first kappa shape index (κ1) is 13.3. The molecule has 0 radical (unpaired) electrons. The fourth-order valence-electron chi connectivity index (χ4n) is 1.17. The van der Waals surface area contributed by atoms with Crippen molar-refractivity contribution in [3.05, 3.63) is 23.8 Å². The van der Waals surface area contributed by atoms with E-state index in [0.29, 0.717) is 5.56 Å². The molecule has 0 saturated heterocycles. The molecule has 0 spiro atoms. The smallest absolute Gasteiger partial charge is 0.422 e. The summed E-state index contributed by atoms with van der Waals surface area (Å²) in [4.78, 5) is 11.1. The summed E-state index contributed by atoms with van der Waals surface area (Å²) in [5, 5.41) is 0. The van der Waals surface area contributed by atoms with Crippen molar-refractivity contribution in [1.29, 1.82) is 0 Å². The fourth-order valence-corrected chi connectivity index (χ4v) is 1.17. The monoisotopic (exact) mass is 248 g/mol. The molecule has 17 heavy (non-hydrogen) atoms. The Bertz CT molecular complexity index is 413. The van der Waals surface area contributed by atoms with Crippen LogP contribution in [-0.4, -0.2) is 25.7 Å². The maximum absolute atomic E-state index is 12.0. The fraction of sp³-hybridized carbons (Fsp3) is 0.364. The molecule has 0 aromatic heterocycles. The Hall–Kier alpha value is -1.72. The summed E-state index contributed by atoms with van der Waals surface area (Å²) in [6.45, 7) is -0.0478. The largest absolute Gasteiger partial charge is 0.493 e. The zero-order valence-electron chi connectivity index (χ0n) is 9.30. The molecule has 1 rings (SSSR count). The van der Waals surface area contributed by atoms with E-state index in [1.807, 2.05) is 0 Å². The summed E-state index contributed by atoms with van der Waals surface area (Å²) in [7, 11) is 1.29. The summed E-state index contributed by atoms with van der Waals surface area (Å²) in [5.74, 6) is -0.151. The molecule has 0 N–H and O–H groups in total. The minimum absolute atomic E-state index is 0.0465. The van der Waals surface area contributed by atoms with E-state index in [1.165, 1.54) is 32.2 Å². The van der Waals surface area contributed by atoms with Crippen molar-refractivity contribution in [3.8, 4) is 11.5 Å². The molecule has 0 fully saturated rings. The molecule has 0 bridgehead atoms. The highest BCUT2D eigenvalue weighted by molar-refractivity contribution is 5.94. The first-order chi connectivity index (χ1) is 7.83. The molecule has 6 heteroatoms. The van der Waals surface area contributed by atoms with Gasteiger partial charge in [-0.25, -0.2) is 0 Å². The zero-order chi connectivity index (χ0) is 13.1. The summed E-state index contributed by atoms with van der Waals surface area (Å²) in [6, 6.07) is 4.01. The number of hydrogen-bond donors (Lipinski definition) is 0. The van der Waals surface area contributed by atoms with Gasteiger partial charge in [0.2, 0.25) is 0 Å². The predicted octanol–water partition coefficient (Wildman–Crippen LogP) is 2.84. The molecule has 0 aliphatic heterocycles. The normalized spacial score (nSPS) is 11.1. The number of hydrogen-bond acceptors (Lipinski definition) is 3. The lowest BCUT2D eigenvalue weighted by Gasteiger charge is -2.12. The topological polar surface area (TPSA) is 35.5 Å². The van der Waals surface area contributed by atoms with E-state index in [9.17, 15) is 18.0 Å². The molecule has 0 unspecified atom stereocenters. The van der Waals surface area contributed by atoms with E-state index in [0.717, 1.165) is 0 Å². The second-order valence-corrected chi connectivity index (χ2v) is 3.33. The van der Waals surface area contributed by atoms with Gasteiger partial charge in [0.05, 0.1) is 7.11 Å². The number of ether oxygens (including phenoxy) is 2. The van der Waals surface area contributed by atoms with Crippen molar-refractivity contribution in [2.24, 2.45) is 0 Å². The lowest BCUT2D eigenvalue weighted by Crippen LogP contribution is -2.19. The first-order valence-corrected chi connectivity index (χ1v) is 4.72. The Kier molecular flexibility index (Phi) is 3.98. The number of benzene rings is 1. The second-order valence-electron chi connectivity index (χ2n) is 3.33. The number of carbonyl (C=O) groups excluding carboxylic acids is 1. The van der Waals surface area contributed by atoms with Gasteiger partial charge in [-0.2, -0.15) is 13.2 Å². The van der Waals surface area contributed by atoms with Crippen molar-refractivity contribution < 1.29 is 27.4 Å². The molecule has 1 aromatic carbocycles. The maximum atomic E-state index is 12.0. The number of alkyl halides is 3. The molecule has 0 atom stereocenters. The Balaban J connectivity index is 2.89. The highest BCUT2D eigenvalue weighted by Gasteiger charge is 2.29.